The first-order valence-corrected chi connectivity index (χ1v) is 35.4. The maximum atomic E-state index is 12.2. The van der Waals surface area contributed by atoms with E-state index in [1.54, 1.807) is 91.0 Å². The zero-order valence-electron chi connectivity index (χ0n) is 59.8. The van der Waals surface area contributed by atoms with Crippen molar-refractivity contribution < 1.29 is 0 Å². The van der Waals surface area contributed by atoms with Gasteiger partial charge in [0.05, 0.1) is 207 Å². The molecule has 0 aliphatic rings. The zero-order valence-corrected chi connectivity index (χ0v) is 59.8. The van der Waals surface area contributed by atoms with Gasteiger partial charge >= 0.3 is 0 Å². The molecule has 0 amide bonds. The number of hydrogen-bond donors (Lipinski definition) is 0. The predicted molar refractivity (Wildman–Crippen MR) is 434 cm³/mol. The van der Waals surface area contributed by atoms with Crippen LogP contribution in [0, 0.1) is 159 Å². The summed E-state index contributed by atoms with van der Waals surface area (Å²) in [7, 11) is 0. The van der Waals surface area contributed by atoms with E-state index in [1.165, 1.54) is 36.4 Å². The van der Waals surface area contributed by atoms with Crippen molar-refractivity contribution in [3.63, 3.8) is 0 Å². The lowest BCUT2D eigenvalue weighted by atomic mass is 9.95. The monoisotopic (exact) mass is 1460 g/mol. The number of nitrogens with zero attached hydrogens (tertiary/aromatic N) is 17. The molecule has 0 spiro atoms. The molecular weight excluding hydrogens is 1420 g/mol. The zero-order chi connectivity index (χ0) is 79.4. The molecule has 17 nitrogen and oxygen atoms in total. The topological polar surface area (TPSA) is 348 Å². The molecule has 3 aromatic heterocycles. The first kappa shape index (κ1) is 69.4. The van der Waals surface area contributed by atoms with Crippen molar-refractivity contribution in [3.8, 4) is 180 Å². The fraction of sp³-hybridized carbons (Fsp3) is 0. The summed E-state index contributed by atoms with van der Waals surface area (Å²) in [5.74, 6) is 0. The highest BCUT2D eigenvalue weighted by atomic mass is 15.1. The molecule has 0 bridgehead atoms. The highest BCUT2D eigenvalue weighted by Gasteiger charge is 2.30. The number of aromatic nitrogens is 3. The van der Waals surface area contributed by atoms with Crippen LogP contribution in [0.3, 0.4) is 0 Å². The van der Waals surface area contributed by atoms with Crippen LogP contribution in [0.1, 0.15) is 77.9 Å². The number of hydrogen-bond acceptors (Lipinski definition) is 14. The predicted octanol–water partition coefficient (Wildman–Crippen LogP) is 20.9. The van der Waals surface area contributed by atoms with Crippen LogP contribution >= 0.6 is 0 Å². The average Bonchev–Trinajstić information content (AvgIpc) is 1.56. The Balaban J connectivity index is 1.04. The number of rotatable bonds is 10. The van der Waals surface area contributed by atoms with Gasteiger partial charge < -0.3 is 13.7 Å². The van der Waals surface area contributed by atoms with Crippen LogP contribution in [0.4, 0.5) is 0 Å². The second-order valence-corrected chi connectivity index (χ2v) is 27.3. The van der Waals surface area contributed by atoms with E-state index in [2.05, 4.69) is 94.1 Å². The Kier molecular flexibility index (Phi) is 16.8. The Morgan fingerprint density at radius 3 is 0.609 bits per heavy atom. The highest BCUT2D eigenvalue weighted by molar-refractivity contribution is 6.17. The van der Waals surface area contributed by atoms with Crippen LogP contribution in [-0.4, -0.2) is 13.7 Å². The summed E-state index contributed by atoms with van der Waals surface area (Å²) in [6.45, 7) is 0. The van der Waals surface area contributed by atoms with Crippen LogP contribution in [0.2, 0.25) is 0 Å². The van der Waals surface area contributed by atoms with Crippen LogP contribution in [-0.2, 0) is 0 Å². The molecular formula is C98H41N17. The van der Waals surface area contributed by atoms with E-state index in [4.69, 9.17) is 0 Å². The normalized spacial score (nSPS) is 10.7. The van der Waals surface area contributed by atoms with Gasteiger partial charge in [0.25, 0.3) is 0 Å². The van der Waals surface area contributed by atoms with E-state index >= 15 is 0 Å². The lowest BCUT2D eigenvalue weighted by Crippen LogP contribution is -2.09. The van der Waals surface area contributed by atoms with E-state index in [0.717, 1.165) is 0 Å². The molecule has 0 saturated carbocycles. The minimum absolute atomic E-state index is 0.166. The molecule has 0 atom stereocenters. The van der Waals surface area contributed by atoms with Crippen LogP contribution < -0.4 is 0 Å². The summed E-state index contributed by atoms with van der Waals surface area (Å²) < 4.78 is 6.16. The van der Waals surface area contributed by atoms with Gasteiger partial charge in [0.2, 0.25) is 0 Å². The third-order valence-electron chi connectivity index (χ3n) is 20.8. The van der Waals surface area contributed by atoms with E-state index < -0.39 is 0 Å². The molecule has 115 heavy (non-hydrogen) atoms. The van der Waals surface area contributed by atoms with Crippen LogP contribution in [0.25, 0.3) is 160 Å². The molecule has 0 radical (unpaired) electrons. The lowest BCUT2D eigenvalue weighted by Gasteiger charge is -2.24. The average molecular weight is 1460 g/mol. The maximum Gasteiger partial charge on any atom is 0.101 e. The largest absolute Gasteiger partial charge is 0.309 e. The van der Waals surface area contributed by atoms with E-state index in [9.17, 15) is 73.7 Å². The second-order valence-electron chi connectivity index (χ2n) is 27.3. The number of fused-ring (bicyclic) bond motifs is 9. The molecule has 0 aliphatic carbocycles. The quantitative estimate of drug-likeness (QED) is 0.123. The van der Waals surface area contributed by atoms with Gasteiger partial charge in [-0.25, -0.2) is 0 Å². The van der Waals surface area contributed by atoms with E-state index in [0.29, 0.717) is 160 Å². The van der Waals surface area contributed by atoms with Gasteiger partial charge in [0, 0.05) is 43.4 Å². The molecule has 14 aromatic carbocycles. The fourth-order valence-electron chi connectivity index (χ4n) is 15.8. The molecule has 17 rings (SSSR count). The van der Waals surface area contributed by atoms with Gasteiger partial charge in [-0.3, -0.25) is 0 Å². The Labute approximate surface area is 655 Å². The first-order valence-electron chi connectivity index (χ1n) is 35.4. The number of nitriles is 14. The summed E-state index contributed by atoms with van der Waals surface area (Å²) in [5.41, 5.74) is 16.7. The van der Waals surface area contributed by atoms with Gasteiger partial charge in [-0.1, -0.05) is 42.5 Å². The third kappa shape index (κ3) is 11.8. The second kappa shape index (κ2) is 27.9. The van der Waals surface area contributed by atoms with Crippen molar-refractivity contribution in [3.05, 3.63) is 327 Å². The lowest BCUT2D eigenvalue weighted by molar-refractivity contribution is 1.09. The third-order valence-corrected chi connectivity index (χ3v) is 20.8. The minimum atomic E-state index is 0.166. The highest BCUT2D eigenvalue weighted by Crippen LogP contribution is 2.49. The van der Waals surface area contributed by atoms with Gasteiger partial charge in [0.15, 0.2) is 0 Å². The molecule has 0 aliphatic heterocycles. The molecule has 0 fully saturated rings. The molecule has 17 aromatic rings. The van der Waals surface area contributed by atoms with Gasteiger partial charge in [0.1, 0.15) is 6.07 Å². The van der Waals surface area contributed by atoms with Crippen molar-refractivity contribution in [1.29, 1.82) is 73.7 Å². The van der Waals surface area contributed by atoms with Gasteiger partial charge in [-0.15, -0.1) is 0 Å². The van der Waals surface area contributed by atoms with Crippen molar-refractivity contribution in [2.24, 2.45) is 0 Å². The molecule has 3 heterocycles. The van der Waals surface area contributed by atoms with Crippen molar-refractivity contribution >= 4 is 65.4 Å². The van der Waals surface area contributed by atoms with Crippen molar-refractivity contribution in [2.45, 2.75) is 0 Å². The molecule has 0 unspecified atom stereocenters. The first-order chi connectivity index (χ1) is 56.2. The Bertz CT molecular complexity index is 7400. The smallest absolute Gasteiger partial charge is 0.101 e. The van der Waals surface area contributed by atoms with Gasteiger partial charge in [-0.2, -0.15) is 73.7 Å². The molecule has 518 valence electrons. The standard InChI is InChI=1S/C98H41N17/c99-42-56-1-10-90(113-91-11-3-69(76-23-57(43-100)17-58(24-76)44-101)36-84(91)85-37-70(4-12-92(85)113)77-25-59(45-102)18-60(26-77)46-103)83(35-56)82-9-2-75(55-112)97(114-93-13-5-71(78-27-61(47-104)19-62(28-78)48-105)38-86(93)87-39-72(6-14-94(87)114)79-29-63(49-106)20-64(30-79)50-107)98(82)115-95-15-7-73(80-31-65(51-108)21-66(32-80)52-109)40-88(95)89-41-74(8-16-96(89)115)81-33-67(53-110)22-68(34-81)54-111/h1-41H. The number of benzene rings is 14. The summed E-state index contributed by atoms with van der Waals surface area (Å²) in [4.78, 5) is 0. The van der Waals surface area contributed by atoms with Crippen LogP contribution in [0.5, 0.6) is 0 Å². The molecule has 0 N–H and O–H groups in total. The van der Waals surface area contributed by atoms with E-state index in [1.807, 2.05) is 126 Å². The maximum absolute atomic E-state index is 12.2. The van der Waals surface area contributed by atoms with Gasteiger partial charge in [-0.05, 0) is 273 Å². The van der Waals surface area contributed by atoms with Crippen molar-refractivity contribution in [1.82, 2.24) is 13.7 Å². The summed E-state index contributed by atoms with van der Waals surface area (Å²) in [5, 5.41) is 151. The minimum Gasteiger partial charge on any atom is -0.309 e. The Morgan fingerprint density at radius 1 is 0.157 bits per heavy atom. The molecule has 0 saturated heterocycles. The Morgan fingerprint density at radius 2 is 0.383 bits per heavy atom. The molecule has 17 heteroatoms. The van der Waals surface area contributed by atoms with Crippen LogP contribution in [0.15, 0.2) is 249 Å². The summed E-state index contributed by atoms with van der Waals surface area (Å²) in [6, 6.07) is 105. The Hall–Kier alpha value is -18.7. The summed E-state index contributed by atoms with van der Waals surface area (Å²) >= 11 is 0. The fourth-order valence-corrected chi connectivity index (χ4v) is 15.8. The van der Waals surface area contributed by atoms with Crippen molar-refractivity contribution in [2.75, 3.05) is 0 Å². The SMILES string of the molecule is N#Cc1cc(C#N)cc(-c2ccc3c(c2)c2cc(-c4cc(C#N)cc(C#N)c4)ccc2n3-c2ccc(C#N)cc2-c2ccc(C#N)c(-n3c4ccc(-c5cc(C#N)cc(C#N)c5)cc4c4cc(-c5cc(C#N)cc(C#N)c5)ccc43)c2-n2c3ccc(-c4cc(C#N)cc(C#N)c4)cc3c3cc(-c4cc(C#N)cc(C#N)c4)ccc32)c1. The van der Waals surface area contributed by atoms with E-state index in [-0.39, 0.29) is 77.9 Å². The summed E-state index contributed by atoms with van der Waals surface area (Å²) in [6.07, 6.45) is 0.